The summed E-state index contributed by atoms with van der Waals surface area (Å²) in [6.07, 6.45) is 0. The van der Waals surface area contributed by atoms with Crippen LogP contribution in [0.25, 0.3) is 10.9 Å². The molecule has 1 aromatic carbocycles. The molecule has 6 heteroatoms. The topological polar surface area (TPSA) is 70.7 Å². The highest BCUT2D eigenvalue weighted by Gasteiger charge is 2.11. The van der Waals surface area contributed by atoms with Crippen LogP contribution in [0.3, 0.4) is 0 Å². The normalized spacial score (nSPS) is 10.6. The van der Waals surface area contributed by atoms with Crippen LogP contribution in [0, 0.1) is 0 Å². The Morgan fingerprint density at radius 2 is 2.24 bits per heavy atom. The van der Waals surface area contributed by atoms with Crippen LogP contribution >= 0.6 is 11.3 Å². The number of amides is 1. The van der Waals surface area contributed by atoms with Crippen molar-refractivity contribution in [3.05, 3.63) is 40.8 Å². The summed E-state index contributed by atoms with van der Waals surface area (Å²) in [5.41, 5.74) is 2.92. The molecule has 2 heterocycles. The maximum Gasteiger partial charge on any atom is 0.276 e. The van der Waals surface area contributed by atoms with E-state index in [9.17, 15) is 4.79 Å². The summed E-state index contributed by atoms with van der Waals surface area (Å²) >= 11 is 1.38. The van der Waals surface area contributed by atoms with Crippen molar-refractivity contribution in [1.29, 1.82) is 0 Å². The Morgan fingerprint density at radius 1 is 1.35 bits per heavy atom. The van der Waals surface area contributed by atoms with Gasteiger partial charge in [0.15, 0.2) is 5.82 Å². The average Bonchev–Trinajstić information content (AvgIpc) is 2.98. The van der Waals surface area contributed by atoms with Crippen molar-refractivity contribution in [3.63, 3.8) is 0 Å². The fraction of sp³-hybridized carbons (Fsp3) is 0. The molecule has 0 saturated heterocycles. The Morgan fingerprint density at radius 3 is 3.06 bits per heavy atom. The van der Waals surface area contributed by atoms with Crippen LogP contribution in [0.5, 0.6) is 0 Å². The zero-order valence-corrected chi connectivity index (χ0v) is 9.49. The number of nitrogens with zero attached hydrogens (tertiary/aromatic N) is 2. The largest absolute Gasteiger partial charge is 0.303 e. The molecule has 0 radical (unpaired) electrons. The summed E-state index contributed by atoms with van der Waals surface area (Å²) < 4.78 is 0. The number of carbonyl (C=O) groups is 1. The summed E-state index contributed by atoms with van der Waals surface area (Å²) in [7, 11) is 0. The van der Waals surface area contributed by atoms with Gasteiger partial charge in [0.25, 0.3) is 5.91 Å². The van der Waals surface area contributed by atoms with Gasteiger partial charge in [-0.3, -0.25) is 9.89 Å². The third-order valence-corrected chi connectivity index (χ3v) is 2.95. The highest BCUT2D eigenvalue weighted by atomic mass is 32.1. The lowest BCUT2D eigenvalue weighted by Crippen LogP contribution is -2.12. The molecule has 3 aromatic rings. The van der Waals surface area contributed by atoms with E-state index in [1.807, 2.05) is 24.3 Å². The van der Waals surface area contributed by atoms with E-state index in [0.29, 0.717) is 11.5 Å². The molecular formula is C11H8N4OS. The predicted molar refractivity (Wildman–Crippen MR) is 66.2 cm³/mol. The first-order valence-electron chi connectivity index (χ1n) is 4.97. The molecule has 0 bridgehead atoms. The molecular weight excluding hydrogens is 236 g/mol. The number of fused-ring (bicyclic) bond motifs is 1. The Hall–Kier alpha value is -2.21. The summed E-state index contributed by atoms with van der Waals surface area (Å²) in [6, 6.07) is 7.61. The molecule has 1 amide bonds. The third kappa shape index (κ3) is 1.78. The van der Waals surface area contributed by atoms with E-state index in [2.05, 4.69) is 20.5 Å². The summed E-state index contributed by atoms with van der Waals surface area (Å²) in [5, 5.41) is 12.2. The molecule has 0 saturated carbocycles. The third-order valence-electron chi connectivity index (χ3n) is 2.37. The zero-order valence-electron chi connectivity index (χ0n) is 8.68. The second kappa shape index (κ2) is 3.99. The van der Waals surface area contributed by atoms with Gasteiger partial charge in [0.1, 0.15) is 5.69 Å². The van der Waals surface area contributed by atoms with Crippen molar-refractivity contribution in [2.24, 2.45) is 0 Å². The van der Waals surface area contributed by atoms with Crippen molar-refractivity contribution in [1.82, 2.24) is 15.2 Å². The molecule has 2 N–H and O–H groups in total. The van der Waals surface area contributed by atoms with Crippen LogP contribution in [0.4, 0.5) is 5.82 Å². The molecule has 2 aromatic heterocycles. The molecule has 0 aliphatic carbocycles. The smallest absolute Gasteiger partial charge is 0.276 e. The molecule has 0 spiro atoms. The fourth-order valence-electron chi connectivity index (χ4n) is 1.55. The lowest BCUT2D eigenvalue weighted by molar-refractivity contribution is 0.102. The number of aromatic nitrogens is 3. The maximum absolute atomic E-state index is 11.8. The minimum Gasteiger partial charge on any atom is -0.303 e. The molecule has 0 aliphatic rings. The number of hydrogen-bond donors (Lipinski definition) is 2. The molecule has 84 valence electrons. The van der Waals surface area contributed by atoms with Gasteiger partial charge < -0.3 is 5.32 Å². The molecule has 0 unspecified atom stereocenters. The molecule has 3 rings (SSSR count). The minimum atomic E-state index is -0.247. The summed E-state index contributed by atoms with van der Waals surface area (Å²) in [5.74, 6) is 0.280. The number of benzene rings is 1. The second-order valence-electron chi connectivity index (χ2n) is 3.45. The number of aromatic amines is 1. The van der Waals surface area contributed by atoms with Gasteiger partial charge in [-0.25, -0.2) is 4.98 Å². The van der Waals surface area contributed by atoms with E-state index in [1.165, 1.54) is 11.3 Å². The van der Waals surface area contributed by atoms with Gasteiger partial charge in [0.2, 0.25) is 0 Å². The van der Waals surface area contributed by atoms with Gasteiger partial charge in [0, 0.05) is 10.8 Å². The van der Waals surface area contributed by atoms with Gasteiger partial charge in [-0.2, -0.15) is 5.10 Å². The van der Waals surface area contributed by atoms with Gasteiger partial charge in [0.05, 0.1) is 11.0 Å². The first kappa shape index (κ1) is 9.98. The van der Waals surface area contributed by atoms with Gasteiger partial charge in [-0.15, -0.1) is 11.3 Å². The van der Waals surface area contributed by atoms with Crippen molar-refractivity contribution >= 4 is 34.0 Å². The number of carbonyl (C=O) groups excluding carboxylic acids is 1. The van der Waals surface area contributed by atoms with Crippen molar-refractivity contribution in [3.8, 4) is 0 Å². The van der Waals surface area contributed by atoms with E-state index in [0.717, 1.165) is 10.9 Å². The van der Waals surface area contributed by atoms with Gasteiger partial charge >= 0.3 is 0 Å². The predicted octanol–water partition coefficient (Wildman–Crippen LogP) is 2.27. The zero-order chi connectivity index (χ0) is 11.7. The number of rotatable bonds is 2. The average molecular weight is 244 g/mol. The Labute approximate surface area is 101 Å². The number of para-hydroxylation sites is 1. The van der Waals surface area contributed by atoms with Crippen LogP contribution in [0.15, 0.2) is 35.2 Å². The fourth-order valence-corrected chi connectivity index (χ4v) is 2.09. The van der Waals surface area contributed by atoms with Crippen molar-refractivity contribution in [2.45, 2.75) is 0 Å². The van der Waals surface area contributed by atoms with Crippen molar-refractivity contribution in [2.75, 3.05) is 5.32 Å². The van der Waals surface area contributed by atoms with E-state index < -0.39 is 0 Å². The summed E-state index contributed by atoms with van der Waals surface area (Å²) in [6.45, 7) is 0. The minimum absolute atomic E-state index is 0.247. The SMILES string of the molecule is O=C(Nc1n[nH]c2ccccc12)c1cscn1. The lowest BCUT2D eigenvalue weighted by atomic mass is 10.2. The highest BCUT2D eigenvalue weighted by Crippen LogP contribution is 2.20. The Balaban J connectivity index is 1.93. The second-order valence-corrected chi connectivity index (χ2v) is 4.16. The highest BCUT2D eigenvalue weighted by molar-refractivity contribution is 7.07. The molecule has 0 atom stereocenters. The molecule has 5 nitrogen and oxygen atoms in total. The van der Waals surface area contributed by atoms with Crippen LogP contribution in [0.1, 0.15) is 10.5 Å². The van der Waals surface area contributed by atoms with E-state index in [-0.39, 0.29) is 5.91 Å². The van der Waals surface area contributed by atoms with Gasteiger partial charge in [-0.05, 0) is 12.1 Å². The van der Waals surface area contributed by atoms with Crippen molar-refractivity contribution < 1.29 is 4.79 Å². The molecule has 17 heavy (non-hydrogen) atoms. The monoisotopic (exact) mass is 244 g/mol. The van der Waals surface area contributed by atoms with Crippen LogP contribution in [-0.2, 0) is 0 Å². The first-order chi connectivity index (χ1) is 8.34. The van der Waals surface area contributed by atoms with Gasteiger partial charge in [-0.1, -0.05) is 12.1 Å². The van der Waals surface area contributed by atoms with Crippen LogP contribution < -0.4 is 5.32 Å². The van der Waals surface area contributed by atoms with Crippen LogP contribution in [-0.4, -0.2) is 21.1 Å². The summed E-state index contributed by atoms with van der Waals surface area (Å²) in [4.78, 5) is 15.7. The number of H-pyrrole nitrogens is 1. The van der Waals surface area contributed by atoms with E-state index >= 15 is 0 Å². The van der Waals surface area contributed by atoms with E-state index in [1.54, 1.807) is 10.9 Å². The number of nitrogens with one attached hydrogen (secondary N) is 2. The first-order valence-corrected chi connectivity index (χ1v) is 5.91. The number of thiazole rings is 1. The Kier molecular flexibility index (Phi) is 2.34. The maximum atomic E-state index is 11.8. The number of hydrogen-bond acceptors (Lipinski definition) is 4. The standard InChI is InChI=1S/C11H8N4OS/c16-11(9-5-17-6-12-9)13-10-7-3-1-2-4-8(7)14-15-10/h1-6H,(H2,13,14,15,16). The van der Waals surface area contributed by atoms with Crippen LogP contribution in [0.2, 0.25) is 0 Å². The van der Waals surface area contributed by atoms with E-state index in [4.69, 9.17) is 0 Å². The molecule has 0 aliphatic heterocycles. The quantitative estimate of drug-likeness (QED) is 0.726. The molecule has 0 fully saturated rings. The Bertz CT molecular complexity index is 659. The lowest BCUT2D eigenvalue weighted by Gasteiger charge is -1.98. The number of anilines is 1.